The Morgan fingerprint density at radius 1 is 1.14 bits per heavy atom. The molecule has 0 unspecified atom stereocenters. The number of anilines is 1. The summed E-state index contributed by atoms with van der Waals surface area (Å²) in [4.78, 5) is 2.36. The summed E-state index contributed by atoms with van der Waals surface area (Å²) in [7, 11) is 0. The molecule has 6 heteroatoms. The molecule has 0 bridgehead atoms. The lowest BCUT2D eigenvalue weighted by molar-refractivity contribution is -0.173. The fraction of sp³-hybridized carbons (Fsp3) is 0.600. The quantitative estimate of drug-likeness (QED) is 0.784. The van der Waals surface area contributed by atoms with E-state index in [4.69, 9.17) is 0 Å². The van der Waals surface area contributed by atoms with Gasteiger partial charge in [0.15, 0.2) is 0 Å². The molecule has 0 radical (unpaired) electrons. The Balaban J connectivity index is 1.73. The highest BCUT2D eigenvalue weighted by molar-refractivity contribution is 5.54. The van der Waals surface area contributed by atoms with E-state index >= 15 is 0 Å². The number of benzene rings is 1. The highest BCUT2D eigenvalue weighted by atomic mass is 19.4. The molecule has 3 nitrogen and oxygen atoms in total. The monoisotopic (exact) mass is 302 g/mol. The lowest BCUT2D eigenvalue weighted by Crippen LogP contribution is -2.25. The van der Waals surface area contributed by atoms with E-state index in [1.165, 1.54) is 24.1 Å². The van der Waals surface area contributed by atoms with E-state index in [0.717, 1.165) is 13.1 Å². The summed E-state index contributed by atoms with van der Waals surface area (Å²) in [5.74, 6) is 0. The Hall–Kier alpha value is -1.27. The maximum absolute atomic E-state index is 11.9. The molecule has 1 aromatic rings. The topological polar surface area (TPSA) is 24.5 Å². The van der Waals surface area contributed by atoms with E-state index in [1.807, 2.05) is 12.1 Å². The SMILES string of the molecule is FC(F)(F)COCCNCc1ccccc1N1CCCC1. The fourth-order valence-electron chi connectivity index (χ4n) is 2.48. The minimum Gasteiger partial charge on any atom is -0.371 e. The summed E-state index contributed by atoms with van der Waals surface area (Å²) in [6.45, 7) is 2.08. The van der Waals surface area contributed by atoms with Gasteiger partial charge in [0.25, 0.3) is 0 Å². The van der Waals surface area contributed by atoms with Crippen molar-refractivity contribution in [2.75, 3.05) is 37.7 Å². The van der Waals surface area contributed by atoms with Crippen LogP contribution in [-0.2, 0) is 11.3 Å². The Bertz CT molecular complexity index is 431. The smallest absolute Gasteiger partial charge is 0.371 e. The van der Waals surface area contributed by atoms with Crippen LogP contribution in [0.25, 0.3) is 0 Å². The van der Waals surface area contributed by atoms with Crippen LogP contribution in [0, 0.1) is 0 Å². The third-order valence-electron chi connectivity index (χ3n) is 3.44. The largest absolute Gasteiger partial charge is 0.411 e. The maximum atomic E-state index is 11.9. The second-order valence-corrected chi connectivity index (χ2v) is 5.17. The first kappa shape index (κ1) is 16.1. The van der Waals surface area contributed by atoms with Crippen molar-refractivity contribution in [1.29, 1.82) is 0 Å². The molecule has 0 saturated carbocycles. The molecule has 1 aliphatic heterocycles. The molecule has 21 heavy (non-hydrogen) atoms. The normalized spacial score (nSPS) is 15.7. The molecule has 118 valence electrons. The number of hydrogen-bond acceptors (Lipinski definition) is 3. The van der Waals surface area contributed by atoms with Crippen molar-refractivity contribution in [2.24, 2.45) is 0 Å². The number of nitrogens with zero attached hydrogens (tertiary/aromatic N) is 1. The Morgan fingerprint density at radius 3 is 2.57 bits per heavy atom. The Morgan fingerprint density at radius 2 is 1.86 bits per heavy atom. The van der Waals surface area contributed by atoms with Gasteiger partial charge < -0.3 is 15.0 Å². The molecular formula is C15H21F3N2O. The lowest BCUT2D eigenvalue weighted by atomic mass is 10.1. The summed E-state index contributed by atoms with van der Waals surface area (Å²) in [6, 6.07) is 8.15. The van der Waals surface area contributed by atoms with Crippen molar-refractivity contribution in [1.82, 2.24) is 5.32 Å². The molecule has 1 aromatic carbocycles. The first-order valence-electron chi connectivity index (χ1n) is 7.24. The number of nitrogens with one attached hydrogen (secondary N) is 1. The number of hydrogen-bond donors (Lipinski definition) is 1. The van der Waals surface area contributed by atoms with Crippen molar-refractivity contribution < 1.29 is 17.9 Å². The summed E-state index contributed by atoms with van der Waals surface area (Å²) < 4.78 is 40.3. The Labute approximate surface area is 123 Å². The summed E-state index contributed by atoms with van der Waals surface area (Å²) in [5, 5.41) is 3.13. The van der Waals surface area contributed by atoms with E-state index in [1.54, 1.807) is 0 Å². The molecule has 0 amide bonds. The molecule has 0 aromatic heterocycles. The van der Waals surface area contributed by atoms with Crippen LogP contribution in [0.1, 0.15) is 18.4 Å². The van der Waals surface area contributed by atoms with Crippen molar-refractivity contribution in [3.63, 3.8) is 0 Å². The average Bonchev–Trinajstić information content (AvgIpc) is 2.96. The predicted molar refractivity (Wildman–Crippen MR) is 76.5 cm³/mol. The number of rotatable bonds is 7. The maximum Gasteiger partial charge on any atom is 0.411 e. The molecule has 2 rings (SSSR count). The molecule has 0 spiro atoms. The fourth-order valence-corrected chi connectivity index (χ4v) is 2.48. The zero-order chi connectivity index (χ0) is 15.1. The number of alkyl halides is 3. The molecule has 0 atom stereocenters. The van der Waals surface area contributed by atoms with Gasteiger partial charge in [0.2, 0.25) is 0 Å². The van der Waals surface area contributed by atoms with Gasteiger partial charge in [-0.15, -0.1) is 0 Å². The van der Waals surface area contributed by atoms with Crippen molar-refractivity contribution in [3.8, 4) is 0 Å². The van der Waals surface area contributed by atoms with E-state index < -0.39 is 12.8 Å². The lowest BCUT2D eigenvalue weighted by Gasteiger charge is -2.21. The van der Waals surface area contributed by atoms with Gasteiger partial charge in [-0.05, 0) is 24.5 Å². The van der Waals surface area contributed by atoms with E-state index in [0.29, 0.717) is 13.1 Å². The van der Waals surface area contributed by atoms with Crippen molar-refractivity contribution in [2.45, 2.75) is 25.6 Å². The third-order valence-corrected chi connectivity index (χ3v) is 3.44. The minimum absolute atomic E-state index is 0.0609. The zero-order valence-electron chi connectivity index (χ0n) is 12.0. The van der Waals surface area contributed by atoms with Gasteiger partial charge >= 0.3 is 6.18 Å². The van der Waals surface area contributed by atoms with Crippen LogP contribution >= 0.6 is 0 Å². The summed E-state index contributed by atoms with van der Waals surface area (Å²) in [6.07, 6.45) is -1.82. The van der Waals surface area contributed by atoms with Crippen LogP contribution in [0.5, 0.6) is 0 Å². The molecular weight excluding hydrogens is 281 g/mol. The second kappa shape index (κ2) is 7.66. The predicted octanol–water partition coefficient (Wildman–Crippen LogP) is 2.96. The van der Waals surface area contributed by atoms with Gasteiger partial charge in [-0.3, -0.25) is 0 Å². The Kier molecular flexibility index (Phi) is 5.87. The molecule has 1 fully saturated rings. The first-order valence-corrected chi connectivity index (χ1v) is 7.24. The number of halogens is 3. The summed E-state index contributed by atoms with van der Waals surface area (Å²) in [5.41, 5.74) is 2.40. The van der Waals surface area contributed by atoms with Gasteiger partial charge in [-0.1, -0.05) is 18.2 Å². The van der Waals surface area contributed by atoms with Crippen LogP contribution in [0.15, 0.2) is 24.3 Å². The molecule has 1 N–H and O–H groups in total. The zero-order valence-corrected chi connectivity index (χ0v) is 12.0. The van der Waals surface area contributed by atoms with E-state index in [-0.39, 0.29) is 6.61 Å². The van der Waals surface area contributed by atoms with Gasteiger partial charge in [-0.2, -0.15) is 13.2 Å². The van der Waals surface area contributed by atoms with Gasteiger partial charge in [0.1, 0.15) is 6.61 Å². The standard InChI is InChI=1S/C15H21F3N2O/c16-15(17,18)12-21-10-7-19-11-13-5-1-2-6-14(13)20-8-3-4-9-20/h1-2,5-6,19H,3-4,7-12H2. The highest BCUT2D eigenvalue weighted by Crippen LogP contribution is 2.24. The van der Waals surface area contributed by atoms with E-state index in [2.05, 4.69) is 27.1 Å². The second-order valence-electron chi connectivity index (χ2n) is 5.17. The van der Waals surface area contributed by atoms with Crippen LogP contribution in [0.3, 0.4) is 0 Å². The van der Waals surface area contributed by atoms with Crippen molar-refractivity contribution >= 4 is 5.69 Å². The van der Waals surface area contributed by atoms with Crippen LogP contribution in [0.2, 0.25) is 0 Å². The number of ether oxygens (including phenoxy) is 1. The van der Waals surface area contributed by atoms with Gasteiger partial charge in [0, 0.05) is 31.9 Å². The van der Waals surface area contributed by atoms with Gasteiger partial charge in [-0.25, -0.2) is 0 Å². The van der Waals surface area contributed by atoms with Crippen molar-refractivity contribution in [3.05, 3.63) is 29.8 Å². The summed E-state index contributed by atoms with van der Waals surface area (Å²) >= 11 is 0. The molecule has 1 aliphatic rings. The molecule has 1 saturated heterocycles. The third kappa shape index (κ3) is 5.55. The number of para-hydroxylation sites is 1. The average molecular weight is 302 g/mol. The van der Waals surface area contributed by atoms with E-state index in [9.17, 15) is 13.2 Å². The molecule has 0 aliphatic carbocycles. The van der Waals surface area contributed by atoms with Crippen LogP contribution in [0.4, 0.5) is 18.9 Å². The minimum atomic E-state index is -4.25. The van der Waals surface area contributed by atoms with Crippen LogP contribution in [-0.4, -0.2) is 39.0 Å². The van der Waals surface area contributed by atoms with Crippen LogP contribution < -0.4 is 10.2 Å². The molecule has 1 heterocycles. The highest BCUT2D eigenvalue weighted by Gasteiger charge is 2.27. The van der Waals surface area contributed by atoms with Gasteiger partial charge in [0.05, 0.1) is 6.61 Å². The first-order chi connectivity index (χ1) is 10.1.